The van der Waals surface area contributed by atoms with Crippen LogP contribution in [-0.4, -0.2) is 23.9 Å². The fraction of sp³-hybridized carbons (Fsp3) is 0.278. The van der Waals surface area contributed by atoms with E-state index in [2.05, 4.69) is 4.99 Å². The Kier molecular flexibility index (Phi) is 5.97. The van der Waals surface area contributed by atoms with E-state index in [1.807, 2.05) is 43.0 Å². The number of benzene rings is 2. The highest BCUT2D eigenvalue weighted by atomic mass is 19.1. The summed E-state index contributed by atoms with van der Waals surface area (Å²) < 4.78 is 18.5. The van der Waals surface area contributed by atoms with E-state index in [9.17, 15) is 4.39 Å². The number of hydrogen-bond acceptors (Lipinski definition) is 2. The number of aliphatic imine (C=N–C) groups is 1. The second-order valence-corrected chi connectivity index (χ2v) is 5.05. The predicted molar refractivity (Wildman–Crippen MR) is 91.2 cm³/mol. The fourth-order valence-electron chi connectivity index (χ4n) is 2.12. The van der Waals surface area contributed by atoms with Crippen molar-refractivity contribution in [1.29, 1.82) is 0 Å². The Balaban J connectivity index is 1.96. The summed E-state index contributed by atoms with van der Waals surface area (Å²) >= 11 is 0. The lowest BCUT2D eigenvalue weighted by molar-refractivity contribution is 0.458. The lowest BCUT2D eigenvalue weighted by Gasteiger charge is -2.19. The van der Waals surface area contributed by atoms with Crippen molar-refractivity contribution < 1.29 is 9.13 Å². The molecule has 2 aromatic rings. The maximum absolute atomic E-state index is 12.9. The van der Waals surface area contributed by atoms with Crippen LogP contribution in [0, 0.1) is 5.82 Å². The van der Waals surface area contributed by atoms with Crippen LogP contribution in [-0.2, 0) is 6.54 Å². The van der Waals surface area contributed by atoms with Gasteiger partial charge in [-0.05, 0) is 55.8 Å². The molecule has 2 rings (SSSR count). The summed E-state index contributed by atoms with van der Waals surface area (Å²) in [6.07, 6.45) is 0. The van der Waals surface area contributed by atoms with Gasteiger partial charge in [-0.25, -0.2) is 9.38 Å². The molecule has 0 aliphatic rings. The molecule has 2 N–H and O–H groups in total. The first-order valence-corrected chi connectivity index (χ1v) is 7.69. The van der Waals surface area contributed by atoms with Gasteiger partial charge in [-0.2, -0.15) is 0 Å². The molecule has 0 aromatic heterocycles. The zero-order chi connectivity index (χ0) is 16.7. The monoisotopic (exact) mass is 315 g/mol. The summed E-state index contributed by atoms with van der Waals surface area (Å²) in [4.78, 5) is 6.40. The molecule has 0 saturated heterocycles. The first kappa shape index (κ1) is 16.8. The van der Waals surface area contributed by atoms with Crippen LogP contribution in [0.3, 0.4) is 0 Å². The van der Waals surface area contributed by atoms with Gasteiger partial charge in [0.25, 0.3) is 0 Å². The van der Waals surface area contributed by atoms with Crippen molar-refractivity contribution in [3.8, 4) is 11.5 Å². The van der Waals surface area contributed by atoms with Gasteiger partial charge in [-0.15, -0.1) is 0 Å². The van der Waals surface area contributed by atoms with E-state index in [1.165, 1.54) is 12.1 Å². The second kappa shape index (κ2) is 8.17. The molecule has 0 aliphatic carbocycles. The van der Waals surface area contributed by atoms with Crippen LogP contribution in [0.25, 0.3) is 0 Å². The van der Waals surface area contributed by atoms with Gasteiger partial charge in [-0.1, -0.05) is 12.1 Å². The average molecular weight is 315 g/mol. The Morgan fingerprint density at radius 3 is 2.04 bits per heavy atom. The minimum Gasteiger partial charge on any atom is -0.457 e. The third kappa shape index (κ3) is 4.98. The van der Waals surface area contributed by atoms with Gasteiger partial charge in [0.05, 0.1) is 6.54 Å². The van der Waals surface area contributed by atoms with Gasteiger partial charge >= 0.3 is 0 Å². The van der Waals surface area contributed by atoms with E-state index in [0.717, 1.165) is 18.7 Å². The Labute approximate surface area is 136 Å². The zero-order valence-corrected chi connectivity index (χ0v) is 13.5. The predicted octanol–water partition coefficient (Wildman–Crippen LogP) is 3.77. The summed E-state index contributed by atoms with van der Waals surface area (Å²) in [5.41, 5.74) is 7.00. The van der Waals surface area contributed by atoms with Crippen molar-refractivity contribution in [1.82, 2.24) is 4.90 Å². The molecule has 0 saturated carbocycles. The third-order valence-corrected chi connectivity index (χ3v) is 3.48. The molecular formula is C18H22FN3O. The van der Waals surface area contributed by atoms with Gasteiger partial charge < -0.3 is 15.4 Å². The lowest BCUT2D eigenvalue weighted by Crippen LogP contribution is -2.37. The summed E-state index contributed by atoms with van der Waals surface area (Å²) in [6, 6.07) is 13.5. The van der Waals surface area contributed by atoms with Crippen LogP contribution in [0.15, 0.2) is 53.5 Å². The van der Waals surface area contributed by atoms with Crippen molar-refractivity contribution in [3.05, 3.63) is 59.9 Å². The maximum Gasteiger partial charge on any atom is 0.191 e. The molecule has 2 aromatic carbocycles. The number of hydrogen-bond donors (Lipinski definition) is 1. The maximum atomic E-state index is 12.9. The molecule has 0 unspecified atom stereocenters. The molecule has 0 amide bonds. The highest BCUT2D eigenvalue weighted by molar-refractivity contribution is 5.78. The zero-order valence-electron chi connectivity index (χ0n) is 13.5. The number of ether oxygens (including phenoxy) is 1. The second-order valence-electron chi connectivity index (χ2n) is 5.05. The Morgan fingerprint density at radius 2 is 1.52 bits per heavy atom. The largest absolute Gasteiger partial charge is 0.457 e. The molecule has 23 heavy (non-hydrogen) atoms. The smallest absolute Gasteiger partial charge is 0.191 e. The number of rotatable bonds is 6. The Hall–Kier alpha value is -2.56. The van der Waals surface area contributed by atoms with Crippen LogP contribution >= 0.6 is 0 Å². The van der Waals surface area contributed by atoms with Crippen molar-refractivity contribution in [2.45, 2.75) is 20.4 Å². The Bertz CT molecular complexity index is 634. The van der Waals surface area contributed by atoms with Crippen molar-refractivity contribution in [3.63, 3.8) is 0 Å². The first-order chi connectivity index (χ1) is 11.1. The van der Waals surface area contributed by atoms with E-state index in [-0.39, 0.29) is 5.82 Å². The molecule has 0 bridgehead atoms. The molecule has 0 atom stereocenters. The third-order valence-electron chi connectivity index (χ3n) is 3.48. The summed E-state index contributed by atoms with van der Waals surface area (Å²) in [5.74, 6) is 1.57. The first-order valence-electron chi connectivity index (χ1n) is 7.69. The van der Waals surface area contributed by atoms with Crippen LogP contribution < -0.4 is 10.5 Å². The van der Waals surface area contributed by atoms with E-state index in [0.29, 0.717) is 24.0 Å². The van der Waals surface area contributed by atoms with Crippen LogP contribution in [0.2, 0.25) is 0 Å². The molecule has 0 radical (unpaired) electrons. The minimum atomic E-state index is -0.281. The standard InChI is InChI=1S/C18H22FN3O/c1-3-22(4-2)18(20)21-13-14-5-9-16(10-6-14)23-17-11-7-15(19)8-12-17/h5-12H,3-4,13H2,1-2H3,(H2,20,21). The molecule has 0 fully saturated rings. The van der Waals surface area contributed by atoms with Crippen molar-refractivity contribution in [2.75, 3.05) is 13.1 Å². The number of nitrogens with zero attached hydrogens (tertiary/aromatic N) is 2. The van der Waals surface area contributed by atoms with Crippen LogP contribution in [0.4, 0.5) is 4.39 Å². The molecule has 0 spiro atoms. The Morgan fingerprint density at radius 1 is 1.00 bits per heavy atom. The molecule has 5 heteroatoms. The van der Waals surface area contributed by atoms with E-state index >= 15 is 0 Å². The molecule has 0 heterocycles. The highest BCUT2D eigenvalue weighted by Gasteiger charge is 2.02. The summed E-state index contributed by atoms with van der Waals surface area (Å²) in [6.45, 7) is 6.31. The normalized spacial score (nSPS) is 11.3. The van der Waals surface area contributed by atoms with Gasteiger partial charge in [0.15, 0.2) is 5.96 Å². The summed E-state index contributed by atoms with van der Waals surface area (Å²) in [5, 5.41) is 0. The van der Waals surface area contributed by atoms with Gasteiger partial charge in [0.2, 0.25) is 0 Å². The van der Waals surface area contributed by atoms with E-state index in [4.69, 9.17) is 10.5 Å². The quantitative estimate of drug-likeness (QED) is 0.652. The fourth-order valence-corrected chi connectivity index (χ4v) is 2.12. The van der Waals surface area contributed by atoms with E-state index < -0.39 is 0 Å². The minimum absolute atomic E-state index is 0.281. The SMILES string of the molecule is CCN(CC)C(N)=NCc1ccc(Oc2ccc(F)cc2)cc1. The molecular weight excluding hydrogens is 293 g/mol. The van der Waals surface area contributed by atoms with Gasteiger partial charge in [0.1, 0.15) is 17.3 Å². The highest BCUT2D eigenvalue weighted by Crippen LogP contribution is 2.22. The molecule has 0 aliphatic heterocycles. The number of nitrogens with two attached hydrogens (primary N) is 1. The lowest BCUT2D eigenvalue weighted by atomic mass is 10.2. The van der Waals surface area contributed by atoms with Gasteiger partial charge in [-0.3, -0.25) is 0 Å². The average Bonchev–Trinajstić information content (AvgIpc) is 2.57. The summed E-state index contributed by atoms with van der Waals surface area (Å²) in [7, 11) is 0. The topological polar surface area (TPSA) is 50.8 Å². The molecule has 4 nitrogen and oxygen atoms in total. The number of guanidine groups is 1. The number of halogens is 1. The van der Waals surface area contributed by atoms with E-state index in [1.54, 1.807) is 12.1 Å². The molecule has 122 valence electrons. The van der Waals surface area contributed by atoms with Gasteiger partial charge in [0, 0.05) is 13.1 Å². The van der Waals surface area contributed by atoms with Crippen LogP contribution in [0.5, 0.6) is 11.5 Å². The van der Waals surface area contributed by atoms with Crippen LogP contribution in [0.1, 0.15) is 19.4 Å². The van der Waals surface area contributed by atoms with Crippen molar-refractivity contribution in [2.24, 2.45) is 10.7 Å². The van der Waals surface area contributed by atoms with Crippen molar-refractivity contribution >= 4 is 5.96 Å².